The topological polar surface area (TPSA) is 57.0 Å². The number of para-hydroxylation sites is 1. The molecule has 3 unspecified atom stereocenters. The number of hydrogen-bond donors (Lipinski definition) is 0. The zero-order valence-electron chi connectivity index (χ0n) is 18.8. The fourth-order valence-corrected chi connectivity index (χ4v) is 8.10. The third-order valence-corrected chi connectivity index (χ3v) is 9.37. The van der Waals surface area contributed by atoms with Crippen molar-refractivity contribution in [1.82, 2.24) is 9.80 Å². The molecule has 2 fully saturated rings. The van der Waals surface area contributed by atoms with Gasteiger partial charge >= 0.3 is 0 Å². The Labute approximate surface area is 207 Å². The molecule has 2 spiro atoms. The van der Waals surface area contributed by atoms with Gasteiger partial charge in [-0.1, -0.05) is 72.5 Å². The number of anilines is 1. The van der Waals surface area contributed by atoms with Crippen LogP contribution in [0.15, 0.2) is 77.4 Å². The molecule has 6 rings (SSSR count). The largest absolute Gasteiger partial charge is 0.469 e. The Morgan fingerprint density at radius 3 is 2.47 bits per heavy atom. The third-order valence-electron chi connectivity index (χ3n) is 7.43. The molecule has 34 heavy (non-hydrogen) atoms. The number of carbonyl (C=O) groups excluding carboxylic acids is 2. The van der Waals surface area contributed by atoms with Crippen LogP contribution in [-0.2, 0) is 21.7 Å². The number of fused-ring (bicyclic) bond motifs is 3. The van der Waals surface area contributed by atoms with Crippen LogP contribution in [0.4, 0.5) is 5.69 Å². The van der Waals surface area contributed by atoms with Crippen LogP contribution in [0.5, 0.6) is 0 Å². The van der Waals surface area contributed by atoms with Crippen LogP contribution in [0.2, 0.25) is 0 Å². The summed E-state index contributed by atoms with van der Waals surface area (Å²) in [6.45, 7) is 0.853. The van der Waals surface area contributed by atoms with E-state index in [1.165, 1.54) is 11.8 Å². The average Bonchev–Trinajstić information content (AvgIpc) is 3.57. The predicted octanol–water partition coefficient (Wildman–Crippen LogP) is 3.98. The first-order valence-corrected chi connectivity index (χ1v) is 12.4. The summed E-state index contributed by atoms with van der Waals surface area (Å²) in [6.07, 6.45) is 1.62. The molecule has 4 heterocycles. The number of furan rings is 1. The summed E-state index contributed by atoms with van der Waals surface area (Å²) in [5.74, 6) is 0.0759. The highest BCUT2D eigenvalue weighted by atomic mass is 32.2. The summed E-state index contributed by atoms with van der Waals surface area (Å²) < 4.78 is 5.16. The van der Waals surface area contributed by atoms with E-state index in [1.54, 1.807) is 23.1 Å². The van der Waals surface area contributed by atoms with E-state index in [0.717, 1.165) is 16.8 Å². The van der Waals surface area contributed by atoms with Crippen LogP contribution in [0, 0.1) is 0 Å². The number of thioether (sulfide) groups is 1. The molecule has 3 aromatic rings. The number of amides is 2. The molecule has 2 saturated heterocycles. The van der Waals surface area contributed by atoms with Crippen LogP contribution in [0.1, 0.15) is 22.8 Å². The quantitative estimate of drug-likeness (QED) is 0.519. The van der Waals surface area contributed by atoms with Gasteiger partial charge in [-0.3, -0.25) is 19.4 Å². The van der Waals surface area contributed by atoms with Crippen LogP contribution in [-0.4, -0.2) is 51.3 Å². The molecule has 0 saturated carbocycles. The molecule has 8 heteroatoms. The predicted molar refractivity (Wildman–Crippen MR) is 136 cm³/mol. The van der Waals surface area contributed by atoms with E-state index in [9.17, 15) is 9.59 Å². The van der Waals surface area contributed by atoms with Crippen molar-refractivity contribution in [3.63, 3.8) is 0 Å². The molecule has 0 radical (unpaired) electrons. The zero-order valence-corrected chi connectivity index (χ0v) is 20.4. The van der Waals surface area contributed by atoms with Crippen molar-refractivity contribution >= 4 is 45.8 Å². The van der Waals surface area contributed by atoms with E-state index in [-0.39, 0.29) is 17.7 Å². The van der Waals surface area contributed by atoms with Gasteiger partial charge in [0.2, 0.25) is 5.91 Å². The number of carbonyl (C=O) groups is 2. The lowest BCUT2D eigenvalue weighted by atomic mass is 9.73. The summed E-state index contributed by atoms with van der Waals surface area (Å²) in [7, 11) is 3.71. The van der Waals surface area contributed by atoms with Gasteiger partial charge in [-0.15, -0.1) is 0 Å². The molecule has 3 aliphatic rings. The maximum absolute atomic E-state index is 14.6. The fourth-order valence-electron chi connectivity index (χ4n) is 5.99. The number of hydrogen-bond acceptors (Lipinski definition) is 6. The molecular formula is C26H23N3O3S2. The van der Waals surface area contributed by atoms with Crippen LogP contribution in [0.25, 0.3) is 0 Å². The van der Waals surface area contributed by atoms with Crippen molar-refractivity contribution in [2.24, 2.45) is 0 Å². The molecule has 172 valence electrons. The lowest BCUT2D eigenvalue weighted by molar-refractivity contribution is -0.139. The van der Waals surface area contributed by atoms with E-state index in [4.69, 9.17) is 16.6 Å². The Bertz CT molecular complexity index is 1310. The summed E-state index contributed by atoms with van der Waals surface area (Å²) in [5.41, 5.74) is 1.44. The van der Waals surface area contributed by atoms with Gasteiger partial charge in [0, 0.05) is 24.8 Å². The number of benzene rings is 2. The molecule has 0 bridgehead atoms. The summed E-state index contributed by atoms with van der Waals surface area (Å²) in [5, 5.41) is 0. The molecule has 6 nitrogen and oxygen atoms in total. The normalized spacial score (nSPS) is 28.6. The molecule has 2 aromatic carbocycles. The first kappa shape index (κ1) is 21.6. The zero-order chi connectivity index (χ0) is 23.7. The second-order valence-electron chi connectivity index (χ2n) is 9.02. The SMILES string of the molecule is CN1C(=O)C2(c3ccccc31)N(C)CC(c1ccco1)C21SC(=S)N(Cc2ccccc2)C1=O. The second kappa shape index (κ2) is 7.53. The lowest BCUT2D eigenvalue weighted by Gasteiger charge is -2.41. The van der Waals surface area contributed by atoms with Gasteiger partial charge < -0.3 is 9.32 Å². The van der Waals surface area contributed by atoms with Crippen LogP contribution in [0.3, 0.4) is 0 Å². The van der Waals surface area contributed by atoms with E-state index in [0.29, 0.717) is 23.2 Å². The van der Waals surface area contributed by atoms with Crippen molar-refractivity contribution in [2.45, 2.75) is 22.7 Å². The average molecular weight is 490 g/mol. The molecule has 0 aliphatic carbocycles. The molecule has 3 atom stereocenters. The van der Waals surface area contributed by atoms with Gasteiger partial charge in [-0.05, 0) is 30.8 Å². The summed E-state index contributed by atoms with van der Waals surface area (Å²) in [4.78, 5) is 34.2. The van der Waals surface area contributed by atoms with E-state index < -0.39 is 10.3 Å². The van der Waals surface area contributed by atoms with Gasteiger partial charge in [0.25, 0.3) is 5.91 Å². The molecule has 2 amide bonds. The van der Waals surface area contributed by atoms with Gasteiger partial charge in [-0.25, -0.2) is 0 Å². The minimum atomic E-state index is -1.20. The Balaban J connectivity index is 1.59. The fraction of sp³-hybridized carbons (Fsp3) is 0.269. The number of nitrogens with zero attached hydrogens (tertiary/aromatic N) is 3. The van der Waals surface area contributed by atoms with Crippen molar-refractivity contribution in [3.05, 3.63) is 89.9 Å². The Morgan fingerprint density at radius 2 is 1.74 bits per heavy atom. The lowest BCUT2D eigenvalue weighted by Crippen LogP contribution is -2.62. The Kier molecular flexibility index (Phi) is 4.78. The number of likely N-dealkylation sites (N-methyl/N-ethyl adjacent to an activating group) is 2. The number of thiocarbonyl (C=S) groups is 1. The van der Waals surface area contributed by atoms with E-state index in [2.05, 4.69) is 0 Å². The number of likely N-dealkylation sites (tertiary alicyclic amines) is 1. The minimum absolute atomic E-state index is 0.115. The van der Waals surface area contributed by atoms with Gasteiger partial charge in [-0.2, -0.15) is 0 Å². The Hall–Kier alpha value is -2.94. The smallest absolute Gasteiger partial charge is 0.254 e. The Morgan fingerprint density at radius 1 is 1.00 bits per heavy atom. The first-order valence-electron chi connectivity index (χ1n) is 11.1. The monoisotopic (exact) mass is 489 g/mol. The van der Waals surface area contributed by atoms with E-state index >= 15 is 0 Å². The van der Waals surface area contributed by atoms with E-state index in [1.807, 2.05) is 78.7 Å². The molecule has 3 aliphatic heterocycles. The second-order valence-corrected chi connectivity index (χ2v) is 10.9. The van der Waals surface area contributed by atoms with Crippen LogP contribution >= 0.6 is 24.0 Å². The molecule has 1 aromatic heterocycles. The summed E-state index contributed by atoms with van der Waals surface area (Å²) in [6, 6.07) is 21.3. The maximum atomic E-state index is 14.6. The number of rotatable bonds is 3. The highest BCUT2D eigenvalue weighted by Gasteiger charge is 2.79. The molecule has 0 N–H and O–H groups in total. The highest BCUT2D eigenvalue weighted by Crippen LogP contribution is 2.66. The maximum Gasteiger partial charge on any atom is 0.254 e. The van der Waals surface area contributed by atoms with Gasteiger partial charge in [0.1, 0.15) is 14.8 Å². The van der Waals surface area contributed by atoms with Crippen molar-refractivity contribution < 1.29 is 14.0 Å². The van der Waals surface area contributed by atoms with Crippen LogP contribution < -0.4 is 4.90 Å². The third kappa shape index (κ3) is 2.53. The highest BCUT2D eigenvalue weighted by molar-refractivity contribution is 8.25. The van der Waals surface area contributed by atoms with Gasteiger partial charge in [0.15, 0.2) is 5.54 Å². The van der Waals surface area contributed by atoms with Crippen molar-refractivity contribution in [2.75, 3.05) is 25.5 Å². The van der Waals surface area contributed by atoms with Crippen molar-refractivity contribution in [3.8, 4) is 0 Å². The molecular weight excluding hydrogens is 466 g/mol. The van der Waals surface area contributed by atoms with Gasteiger partial charge in [0.05, 0.1) is 18.7 Å². The standard InChI is InChI=1S/C26H23N3O3S2/c1-27-16-19(21-13-8-14-32-21)26(25(27)18-11-6-7-12-20(18)28(2)22(25)30)23(31)29(24(33)34-26)15-17-9-4-3-5-10-17/h3-14,19H,15-16H2,1-2H3. The minimum Gasteiger partial charge on any atom is -0.469 e. The van der Waals surface area contributed by atoms with Crippen molar-refractivity contribution in [1.29, 1.82) is 0 Å². The first-order chi connectivity index (χ1) is 16.4. The summed E-state index contributed by atoms with van der Waals surface area (Å²) >= 11 is 7.17.